The lowest BCUT2D eigenvalue weighted by molar-refractivity contribution is 0.321. The minimum absolute atomic E-state index is 0.717. The average Bonchev–Trinajstić information content (AvgIpc) is 2.29. The quantitative estimate of drug-likeness (QED) is 0.763. The standard InChI is InChI=1S/C15H25ClN2/c1-12(2)10-17-7-8-18(4)11-14-5-6-15(16)13(3)9-14/h5-6,9,12,17H,7-8,10-11H2,1-4H3. The highest BCUT2D eigenvalue weighted by atomic mass is 35.5. The van der Waals surface area contributed by atoms with Gasteiger partial charge in [0.05, 0.1) is 0 Å². The minimum Gasteiger partial charge on any atom is -0.315 e. The number of likely N-dealkylation sites (N-methyl/N-ethyl adjacent to an activating group) is 1. The maximum atomic E-state index is 6.03. The monoisotopic (exact) mass is 268 g/mol. The first kappa shape index (κ1) is 15.5. The third-order valence-corrected chi connectivity index (χ3v) is 3.32. The molecule has 1 aromatic carbocycles. The second kappa shape index (κ2) is 7.78. The van der Waals surface area contributed by atoms with Crippen LogP contribution in [0.1, 0.15) is 25.0 Å². The Bertz CT molecular complexity index is 364. The molecule has 0 unspecified atom stereocenters. The van der Waals surface area contributed by atoms with Crippen LogP contribution in [-0.4, -0.2) is 31.6 Å². The molecule has 0 fully saturated rings. The van der Waals surface area contributed by atoms with E-state index in [4.69, 9.17) is 11.6 Å². The molecule has 0 saturated heterocycles. The SMILES string of the molecule is Cc1cc(CN(C)CCNCC(C)C)ccc1Cl. The van der Waals surface area contributed by atoms with Crippen LogP contribution in [0.3, 0.4) is 0 Å². The van der Waals surface area contributed by atoms with Crippen LogP contribution in [0.15, 0.2) is 18.2 Å². The lowest BCUT2D eigenvalue weighted by Crippen LogP contribution is -2.30. The van der Waals surface area contributed by atoms with E-state index in [1.54, 1.807) is 0 Å². The number of rotatable bonds is 7. The van der Waals surface area contributed by atoms with Crippen molar-refractivity contribution in [3.63, 3.8) is 0 Å². The molecule has 0 aliphatic heterocycles. The summed E-state index contributed by atoms with van der Waals surface area (Å²) in [6.45, 7) is 10.7. The van der Waals surface area contributed by atoms with Crippen molar-refractivity contribution in [2.45, 2.75) is 27.3 Å². The second-order valence-corrected chi connectivity index (χ2v) is 5.83. The number of aryl methyl sites for hydroxylation is 1. The molecule has 102 valence electrons. The molecule has 0 bridgehead atoms. The fourth-order valence-corrected chi connectivity index (χ4v) is 1.97. The van der Waals surface area contributed by atoms with Gasteiger partial charge in [-0.1, -0.05) is 37.6 Å². The molecule has 3 heteroatoms. The Morgan fingerprint density at radius 3 is 2.67 bits per heavy atom. The summed E-state index contributed by atoms with van der Waals surface area (Å²) in [5, 5.41) is 4.31. The minimum atomic E-state index is 0.717. The Morgan fingerprint density at radius 2 is 2.06 bits per heavy atom. The Hall–Kier alpha value is -0.570. The summed E-state index contributed by atoms with van der Waals surface area (Å²) in [6.07, 6.45) is 0. The maximum absolute atomic E-state index is 6.03. The molecule has 0 aromatic heterocycles. The molecule has 18 heavy (non-hydrogen) atoms. The Labute approximate surface area is 116 Å². The molecule has 0 saturated carbocycles. The summed E-state index contributed by atoms with van der Waals surface area (Å²) in [5.41, 5.74) is 2.48. The first-order valence-corrected chi connectivity index (χ1v) is 7.01. The molecule has 2 nitrogen and oxygen atoms in total. The first-order chi connectivity index (χ1) is 8.49. The summed E-state index contributed by atoms with van der Waals surface area (Å²) >= 11 is 6.03. The molecule has 1 aromatic rings. The van der Waals surface area contributed by atoms with E-state index in [0.717, 1.165) is 36.8 Å². The normalized spacial score (nSPS) is 11.5. The molecule has 0 aliphatic rings. The summed E-state index contributed by atoms with van der Waals surface area (Å²) in [5.74, 6) is 0.717. The Morgan fingerprint density at radius 1 is 1.33 bits per heavy atom. The topological polar surface area (TPSA) is 15.3 Å². The summed E-state index contributed by atoms with van der Waals surface area (Å²) < 4.78 is 0. The van der Waals surface area contributed by atoms with Crippen molar-refractivity contribution in [2.75, 3.05) is 26.7 Å². The van der Waals surface area contributed by atoms with E-state index in [1.807, 2.05) is 6.07 Å². The van der Waals surface area contributed by atoms with Gasteiger partial charge in [-0.25, -0.2) is 0 Å². The highest BCUT2D eigenvalue weighted by molar-refractivity contribution is 6.31. The van der Waals surface area contributed by atoms with Gasteiger partial charge in [0.25, 0.3) is 0 Å². The van der Waals surface area contributed by atoms with Crippen LogP contribution in [0.2, 0.25) is 5.02 Å². The molecule has 0 radical (unpaired) electrons. The van der Waals surface area contributed by atoms with Gasteiger partial charge in [-0.2, -0.15) is 0 Å². The lowest BCUT2D eigenvalue weighted by atomic mass is 10.1. The van der Waals surface area contributed by atoms with E-state index in [9.17, 15) is 0 Å². The van der Waals surface area contributed by atoms with Gasteiger partial charge in [0.1, 0.15) is 0 Å². The van der Waals surface area contributed by atoms with E-state index in [-0.39, 0.29) is 0 Å². The fourth-order valence-electron chi connectivity index (χ4n) is 1.86. The van der Waals surface area contributed by atoms with Gasteiger partial charge in [-0.3, -0.25) is 0 Å². The van der Waals surface area contributed by atoms with E-state index < -0.39 is 0 Å². The summed E-state index contributed by atoms with van der Waals surface area (Å²) in [7, 11) is 2.15. The zero-order chi connectivity index (χ0) is 13.5. The molecule has 0 heterocycles. The Kier molecular flexibility index (Phi) is 6.69. The fraction of sp³-hybridized carbons (Fsp3) is 0.600. The first-order valence-electron chi connectivity index (χ1n) is 6.63. The summed E-state index contributed by atoms with van der Waals surface area (Å²) in [6, 6.07) is 6.25. The number of hydrogen-bond donors (Lipinski definition) is 1. The van der Waals surface area contributed by atoms with Crippen molar-refractivity contribution in [3.8, 4) is 0 Å². The van der Waals surface area contributed by atoms with Gasteiger partial charge in [0, 0.05) is 24.7 Å². The third-order valence-electron chi connectivity index (χ3n) is 2.90. The lowest BCUT2D eigenvalue weighted by Gasteiger charge is -2.18. The maximum Gasteiger partial charge on any atom is 0.0435 e. The second-order valence-electron chi connectivity index (χ2n) is 5.42. The molecular weight excluding hydrogens is 244 g/mol. The van der Waals surface area contributed by atoms with Crippen molar-refractivity contribution >= 4 is 11.6 Å². The smallest absolute Gasteiger partial charge is 0.0435 e. The zero-order valence-corrected chi connectivity index (χ0v) is 12.7. The van der Waals surface area contributed by atoms with E-state index >= 15 is 0 Å². The molecule has 0 spiro atoms. The van der Waals surface area contributed by atoms with Crippen LogP contribution < -0.4 is 5.32 Å². The van der Waals surface area contributed by atoms with Crippen molar-refractivity contribution in [2.24, 2.45) is 5.92 Å². The van der Waals surface area contributed by atoms with Crippen molar-refractivity contribution in [1.82, 2.24) is 10.2 Å². The largest absolute Gasteiger partial charge is 0.315 e. The zero-order valence-electron chi connectivity index (χ0n) is 12.0. The van der Waals surface area contributed by atoms with Gasteiger partial charge >= 0.3 is 0 Å². The van der Waals surface area contributed by atoms with Crippen LogP contribution >= 0.6 is 11.6 Å². The predicted molar refractivity (Wildman–Crippen MR) is 80.2 cm³/mol. The summed E-state index contributed by atoms with van der Waals surface area (Å²) in [4.78, 5) is 2.33. The molecule has 0 amide bonds. The van der Waals surface area contributed by atoms with E-state index in [2.05, 4.69) is 50.2 Å². The molecule has 0 atom stereocenters. The number of benzene rings is 1. The third kappa shape index (κ3) is 5.85. The predicted octanol–water partition coefficient (Wildman–Crippen LogP) is 3.33. The van der Waals surface area contributed by atoms with Gasteiger partial charge in [-0.05, 0) is 43.6 Å². The Balaban J connectivity index is 2.31. The van der Waals surface area contributed by atoms with Crippen LogP contribution in [0.5, 0.6) is 0 Å². The molecule has 0 aliphatic carbocycles. The van der Waals surface area contributed by atoms with Gasteiger partial charge in [0.2, 0.25) is 0 Å². The van der Waals surface area contributed by atoms with Crippen LogP contribution in [0.4, 0.5) is 0 Å². The van der Waals surface area contributed by atoms with Gasteiger partial charge < -0.3 is 10.2 Å². The number of halogens is 1. The molecule has 1 N–H and O–H groups in total. The van der Waals surface area contributed by atoms with Crippen molar-refractivity contribution in [1.29, 1.82) is 0 Å². The van der Waals surface area contributed by atoms with Crippen LogP contribution in [0.25, 0.3) is 0 Å². The number of hydrogen-bond acceptors (Lipinski definition) is 2. The van der Waals surface area contributed by atoms with Gasteiger partial charge in [-0.15, -0.1) is 0 Å². The number of nitrogens with one attached hydrogen (secondary N) is 1. The highest BCUT2D eigenvalue weighted by Gasteiger charge is 2.02. The van der Waals surface area contributed by atoms with E-state index in [1.165, 1.54) is 5.56 Å². The van der Waals surface area contributed by atoms with Crippen LogP contribution in [-0.2, 0) is 6.54 Å². The van der Waals surface area contributed by atoms with Gasteiger partial charge in [0.15, 0.2) is 0 Å². The average molecular weight is 269 g/mol. The van der Waals surface area contributed by atoms with E-state index in [0.29, 0.717) is 5.92 Å². The molecular formula is C15H25ClN2. The molecule has 1 rings (SSSR count). The number of nitrogens with zero attached hydrogens (tertiary/aromatic N) is 1. The highest BCUT2D eigenvalue weighted by Crippen LogP contribution is 2.16. The van der Waals surface area contributed by atoms with Crippen molar-refractivity contribution < 1.29 is 0 Å². The van der Waals surface area contributed by atoms with Crippen LogP contribution in [0, 0.1) is 12.8 Å². The van der Waals surface area contributed by atoms with Crippen molar-refractivity contribution in [3.05, 3.63) is 34.3 Å².